The Kier molecular flexibility index (Phi) is 3.76. The molecule has 1 aromatic rings. The van der Waals surface area contributed by atoms with Crippen molar-refractivity contribution < 1.29 is 9.72 Å². The van der Waals surface area contributed by atoms with Crippen LogP contribution in [0, 0.1) is 10.1 Å². The average Bonchev–Trinajstić information content (AvgIpc) is 2.65. The number of hydrogen-bond donors (Lipinski definition) is 1. The fourth-order valence-corrected chi connectivity index (χ4v) is 2.51. The van der Waals surface area contributed by atoms with Gasteiger partial charge in [0, 0.05) is 19.1 Å². The predicted octanol–water partition coefficient (Wildman–Crippen LogP) is 0.718. The minimum absolute atomic E-state index is 0.0687. The third-order valence-corrected chi connectivity index (χ3v) is 3.70. The first-order valence-electron chi connectivity index (χ1n) is 6.66. The fraction of sp³-hybridized carbons (Fsp3) is 0.667. The number of nitrogens with zero attached hydrogens (tertiary/aromatic N) is 4. The van der Waals surface area contributed by atoms with Gasteiger partial charge in [-0.2, -0.15) is 5.10 Å². The Morgan fingerprint density at radius 1 is 1.55 bits per heavy atom. The van der Waals surface area contributed by atoms with Crippen molar-refractivity contribution in [1.29, 1.82) is 0 Å². The number of nitrogens with two attached hydrogens (primary N) is 1. The number of hydrogen-bond acceptors (Lipinski definition) is 5. The van der Waals surface area contributed by atoms with Gasteiger partial charge in [-0.25, -0.2) is 0 Å². The van der Waals surface area contributed by atoms with Crippen LogP contribution >= 0.6 is 0 Å². The van der Waals surface area contributed by atoms with E-state index in [0.717, 1.165) is 13.1 Å². The summed E-state index contributed by atoms with van der Waals surface area (Å²) in [5, 5.41) is 15.2. The van der Waals surface area contributed by atoms with Gasteiger partial charge >= 0.3 is 5.69 Å². The molecule has 8 heteroatoms. The number of aromatic nitrogens is 2. The van der Waals surface area contributed by atoms with E-state index in [1.54, 1.807) is 4.68 Å². The van der Waals surface area contributed by atoms with Crippen LogP contribution in [0.2, 0.25) is 0 Å². The van der Waals surface area contributed by atoms with Gasteiger partial charge < -0.3 is 5.73 Å². The second-order valence-corrected chi connectivity index (χ2v) is 5.26. The van der Waals surface area contributed by atoms with Gasteiger partial charge in [-0.05, 0) is 20.3 Å². The van der Waals surface area contributed by atoms with Crippen LogP contribution in [0.3, 0.4) is 0 Å². The van der Waals surface area contributed by atoms with Gasteiger partial charge in [0.1, 0.15) is 5.69 Å². The third-order valence-electron chi connectivity index (χ3n) is 3.70. The lowest BCUT2D eigenvalue weighted by molar-refractivity contribution is -0.385. The van der Waals surface area contributed by atoms with Crippen molar-refractivity contribution in [1.82, 2.24) is 14.7 Å². The zero-order valence-corrected chi connectivity index (χ0v) is 11.9. The van der Waals surface area contributed by atoms with Crippen molar-refractivity contribution in [3.8, 4) is 0 Å². The van der Waals surface area contributed by atoms with E-state index in [1.807, 2.05) is 6.92 Å². The first-order valence-corrected chi connectivity index (χ1v) is 6.66. The highest BCUT2D eigenvalue weighted by Crippen LogP contribution is 2.31. The standard InChI is InChI=1S/C12H19N5O3/c1-4-9-11(17(19)20)10(12(13)18)14-16(9)8-5-15(6-8)7(2)3/h7-8H,4-6H2,1-3H3,(H2,13,18). The van der Waals surface area contributed by atoms with Gasteiger partial charge in [-0.1, -0.05) is 6.92 Å². The lowest BCUT2D eigenvalue weighted by Crippen LogP contribution is -2.51. The normalized spacial score (nSPS) is 16.4. The largest absolute Gasteiger partial charge is 0.364 e. The molecule has 2 N–H and O–H groups in total. The number of amides is 1. The molecule has 2 heterocycles. The molecule has 0 atom stereocenters. The van der Waals surface area contributed by atoms with E-state index in [0.29, 0.717) is 18.2 Å². The minimum Gasteiger partial charge on any atom is -0.364 e. The van der Waals surface area contributed by atoms with Crippen molar-refractivity contribution in [2.45, 2.75) is 39.3 Å². The van der Waals surface area contributed by atoms with Crippen molar-refractivity contribution >= 4 is 11.6 Å². The molecular weight excluding hydrogens is 262 g/mol. The molecule has 8 nitrogen and oxygen atoms in total. The Morgan fingerprint density at radius 3 is 2.55 bits per heavy atom. The summed E-state index contributed by atoms with van der Waals surface area (Å²) in [7, 11) is 0. The van der Waals surface area contributed by atoms with E-state index in [9.17, 15) is 14.9 Å². The Hall–Kier alpha value is -1.96. The van der Waals surface area contributed by atoms with Gasteiger partial charge in [0.2, 0.25) is 5.69 Å². The molecule has 110 valence electrons. The van der Waals surface area contributed by atoms with Crippen molar-refractivity contribution in [2.24, 2.45) is 5.73 Å². The minimum atomic E-state index is -0.856. The lowest BCUT2D eigenvalue weighted by atomic mass is 10.1. The van der Waals surface area contributed by atoms with Gasteiger partial charge in [0.05, 0.1) is 11.0 Å². The van der Waals surface area contributed by atoms with Gasteiger partial charge in [0.15, 0.2) is 0 Å². The van der Waals surface area contributed by atoms with E-state index in [4.69, 9.17) is 5.73 Å². The summed E-state index contributed by atoms with van der Waals surface area (Å²) in [6, 6.07) is 0.497. The highest BCUT2D eigenvalue weighted by atomic mass is 16.6. The Bertz CT molecular complexity index is 546. The lowest BCUT2D eigenvalue weighted by Gasteiger charge is -2.42. The highest BCUT2D eigenvalue weighted by molar-refractivity contribution is 5.95. The van der Waals surface area contributed by atoms with Crippen molar-refractivity contribution in [3.05, 3.63) is 21.5 Å². The molecule has 0 aliphatic carbocycles. The van der Waals surface area contributed by atoms with E-state index in [-0.39, 0.29) is 17.4 Å². The Balaban J connectivity index is 2.37. The maximum Gasteiger partial charge on any atom is 0.323 e. The molecular formula is C12H19N5O3. The van der Waals surface area contributed by atoms with Crippen molar-refractivity contribution in [3.63, 3.8) is 0 Å². The summed E-state index contributed by atoms with van der Waals surface area (Å²) in [4.78, 5) is 24.2. The molecule has 0 unspecified atom stereocenters. The Morgan fingerprint density at radius 2 is 2.15 bits per heavy atom. The maximum atomic E-state index is 11.3. The van der Waals surface area contributed by atoms with E-state index < -0.39 is 10.8 Å². The predicted molar refractivity (Wildman–Crippen MR) is 72.5 cm³/mol. The summed E-state index contributed by atoms with van der Waals surface area (Å²) in [6.45, 7) is 7.56. The highest BCUT2D eigenvalue weighted by Gasteiger charge is 2.37. The van der Waals surface area contributed by atoms with Crippen LogP contribution in [0.25, 0.3) is 0 Å². The molecule has 1 aliphatic rings. The number of carbonyl (C=O) groups is 1. The summed E-state index contributed by atoms with van der Waals surface area (Å²) in [6.07, 6.45) is 0.439. The van der Waals surface area contributed by atoms with Crippen molar-refractivity contribution in [2.75, 3.05) is 13.1 Å². The second kappa shape index (κ2) is 5.20. The summed E-state index contributed by atoms with van der Waals surface area (Å²) < 4.78 is 1.61. The number of primary amides is 1. The topological polar surface area (TPSA) is 107 Å². The zero-order valence-electron chi connectivity index (χ0n) is 11.9. The van der Waals surface area contributed by atoms with Crippen LogP contribution < -0.4 is 5.73 Å². The molecule has 0 bridgehead atoms. The van der Waals surface area contributed by atoms with Crippen LogP contribution in [0.4, 0.5) is 5.69 Å². The van der Waals surface area contributed by atoms with Crippen LogP contribution in [-0.2, 0) is 6.42 Å². The number of carbonyl (C=O) groups excluding carboxylic acids is 1. The smallest absolute Gasteiger partial charge is 0.323 e. The molecule has 0 saturated carbocycles. The molecule has 20 heavy (non-hydrogen) atoms. The molecule has 0 spiro atoms. The zero-order chi connectivity index (χ0) is 15.0. The summed E-state index contributed by atoms with van der Waals surface area (Å²) in [5.41, 5.74) is 5.18. The monoisotopic (exact) mass is 281 g/mol. The fourth-order valence-electron chi connectivity index (χ4n) is 2.51. The molecule has 1 amide bonds. The van der Waals surface area contributed by atoms with E-state index in [1.165, 1.54) is 0 Å². The first kappa shape index (κ1) is 14.4. The second-order valence-electron chi connectivity index (χ2n) is 5.26. The van der Waals surface area contributed by atoms with Crippen LogP contribution in [-0.4, -0.2) is 44.6 Å². The van der Waals surface area contributed by atoms with Crippen LogP contribution in [0.1, 0.15) is 43.0 Å². The molecule has 1 aliphatic heterocycles. The molecule has 1 aromatic heterocycles. The number of rotatable bonds is 5. The van der Waals surface area contributed by atoms with Gasteiger partial charge in [-0.15, -0.1) is 0 Å². The first-order chi connectivity index (χ1) is 9.36. The molecule has 0 radical (unpaired) electrons. The summed E-state index contributed by atoms with van der Waals surface area (Å²) >= 11 is 0. The van der Waals surface area contributed by atoms with E-state index in [2.05, 4.69) is 23.8 Å². The maximum absolute atomic E-state index is 11.3. The summed E-state index contributed by atoms with van der Waals surface area (Å²) in [5.74, 6) is -0.856. The molecule has 2 rings (SSSR count). The number of likely N-dealkylation sites (tertiary alicyclic amines) is 1. The molecule has 1 saturated heterocycles. The van der Waals surface area contributed by atoms with Crippen LogP contribution in [0.5, 0.6) is 0 Å². The third kappa shape index (κ3) is 2.26. The Labute approximate surface area is 116 Å². The van der Waals surface area contributed by atoms with Gasteiger partial charge in [0.25, 0.3) is 5.91 Å². The molecule has 0 aromatic carbocycles. The SMILES string of the molecule is CCc1c([N+](=O)[O-])c(C(N)=O)nn1C1CN(C(C)C)C1. The van der Waals surface area contributed by atoms with Gasteiger partial charge in [-0.3, -0.25) is 24.5 Å². The average molecular weight is 281 g/mol. The molecule has 1 fully saturated rings. The van der Waals surface area contributed by atoms with E-state index >= 15 is 0 Å². The van der Waals surface area contributed by atoms with Crippen LogP contribution in [0.15, 0.2) is 0 Å². The quantitative estimate of drug-likeness (QED) is 0.632. The number of nitro groups is 1.